The summed E-state index contributed by atoms with van der Waals surface area (Å²) >= 11 is 0. The van der Waals surface area contributed by atoms with Crippen molar-refractivity contribution in [2.24, 2.45) is 5.92 Å². The lowest BCUT2D eigenvalue weighted by molar-refractivity contribution is -0.139. The molecule has 118 valence electrons. The minimum Gasteiger partial charge on any atom is -0.480 e. The molecule has 0 bridgehead atoms. The molecule has 6 nitrogen and oxygen atoms in total. The summed E-state index contributed by atoms with van der Waals surface area (Å²) in [5, 5.41) is 11.7. The summed E-state index contributed by atoms with van der Waals surface area (Å²) in [5.74, 6) is -0.513. The average molecular weight is 295 g/mol. The van der Waals surface area contributed by atoms with E-state index in [0.717, 1.165) is 25.9 Å². The molecule has 3 atom stereocenters. The first-order valence-corrected chi connectivity index (χ1v) is 7.62. The Kier molecular flexibility index (Phi) is 5.22. The third-order valence-corrected chi connectivity index (χ3v) is 4.63. The second-order valence-corrected chi connectivity index (χ2v) is 6.05. The van der Waals surface area contributed by atoms with E-state index in [1.165, 1.54) is 12.5 Å². The second-order valence-electron chi connectivity index (χ2n) is 6.05. The molecule has 21 heavy (non-hydrogen) atoms. The predicted octanol–water partition coefficient (Wildman–Crippen LogP) is 1.14. The van der Waals surface area contributed by atoms with Crippen molar-refractivity contribution in [3.63, 3.8) is 0 Å². The van der Waals surface area contributed by atoms with Gasteiger partial charge < -0.3 is 20.2 Å². The van der Waals surface area contributed by atoms with Crippen LogP contribution >= 0.6 is 0 Å². The maximum absolute atomic E-state index is 12.2. The van der Waals surface area contributed by atoms with Gasteiger partial charge in [-0.15, -0.1) is 6.58 Å². The van der Waals surface area contributed by atoms with Crippen LogP contribution in [0.2, 0.25) is 0 Å². The van der Waals surface area contributed by atoms with Crippen LogP contribution in [0.1, 0.15) is 25.7 Å². The Labute approximate surface area is 125 Å². The number of fused-ring (bicyclic) bond motifs is 1. The molecule has 2 rings (SSSR count). The van der Waals surface area contributed by atoms with Crippen LogP contribution in [-0.4, -0.2) is 65.7 Å². The van der Waals surface area contributed by atoms with Crippen molar-refractivity contribution in [3.05, 3.63) is 12.7 Å². The lowest BCUT2D eigenvalue weighted by atomic mass is 9.84. The summed E-state index contributed by atoms with van der Waals surface area (Å²) in [6.45, 7) is 6.08. The molecule has 0 aromatic carbocycles. The van der Waals surface area contributed by atoms with Gasteiger partial charge in [-0.25, -0.2) is 9.59 Å². The molecule has 0 aliphatic carbocycles. The number of piperidine rings is 2. The van der Waals surface area contributed by atoms with Gasteiger partial charge in [0.15, 0.2) is 0 Å². The van der Waals surface area contributed by atoms with E-state index in [0.29, 0.717) is 18.5 Å². The number of likely N-dealkylation sites (tertiary alicyclic amines) is 2. The van der Waals surface area contributed by atoms with Crippen LogP contribution in [0.25, 0.3) is 0 Å². The van der Waals surface area contributed by atoms with Gasteiger partial charge in [0, 0.05) is 19.1 Å². The van der Waals surface area contributed by atoms with Crippen molar-refractivity contribution >= 4 is 12.0 Å². The van der Waals surface area contributed by atoms with E-state index in [9.17, 15) is 9.59 Å². The first-order valence-electron chi connectivity index (χ1n) is 7.62. The van der Waals surface area contributed by atoms with Crippen molar-refractivity contribution in [1.29, 1.82) is 0 Å². The first-order chi connectivity index (χ1) is 10.0. The van der Waals surface area contributed by atoms with Gasteiger partial charge >= 0.3 is 12.0 Å². The number of aliphatic carboxylic acids is 1. The molecule has 2 heterocycles. The van der Waals surface area contributed by atoms with Crippen LogP contribution in [0.15, 0.2) is 12.7 Å². The van der Waals surface area contributed by atoms with Gasteiger partial charge in [-0.2, -0.15) is 0 Å². The molecule has 0 radical (unpaired) electrons. The Morgan fingerprint density at radius 1 is 1.43 bits per heavy atom. The Morgan fingerprint density at radius 2 is 2.19 bits per heavy atom. The van der Waals surface area contributed by atoms with E-state index in [1.807, 2.05) is 0 Å². The summed E-state index contributed by atoms with van der Waals surface area (Å²) in [7, 11) is 2.15. The van der Waals surface area contributed by atoms with E-state index in [-0.39, 0.29) is 12.5 Å². The van der Waals surface area contributed by atoms with Crippen molar-refractivity contribution in [2.75, 3.05) is 26.7 Å². The lowest BCUT2D eigenvalue weighted by Crippen LogP contribution is -2.57. The quantitative estimate of drug-likeness (QED) is 0.763. The van der Waals surface area contributed by atoms with Crippen LogP contribution in [0.4, 0.5) is 4.79 Å². The van der Waals surface area contributed by atoms with Crippen molar-refractivity contribution < 1.29 is 14.7 Å². The minimum absolute atomic E-state index is 0.240. The molecular weight excluding hydrogens is 270 g/mol. The molecule has 6 heteroatoms. The number of amides is 2. The number of carbonyl (C=O) groups excluding carboxylic acids is 1. The van der Waals surface area contributed by atoms with Crippen LogP contribution in [-0.2, 0) is 4.79 Å². The Balaban J connectivity index is 1.91. The fraction of sp³-hybridized carbons (Fsp3) is 0.733. The molecule has 2 fully saturated rings. The van der Waals surface area contributed by atoms with E-state index in [2.05, 4.69) is 23.8 Å². The monoisotopic (exact) mass is 295 g/mol. The zero-order valence-corrected chi connectivity index (χ0v) is 12.6. The highest BCUT2D eigenvalue weighted by Crippen LogP contribution is 2.29. The molecule has 2 amide bonds. The fourth-order valence-corrected chi connectivity index (χ4v) is 3.47. The number of rotatable bonds is 4. The highest BCUT2D eigenvalue weighted by Gasteiger charge is 2.36. The Morgan fingerprint density at radius 3 is 2.86 bits per heavy atom. The SMILES string of the molecule is C=CCC(NC(=O)N1CCC2C(CCCN2C)C1)C(=O)O. The number of urea groups is 1. The lowest BCUT2D eigenvalue weighted by Gasteiger charge is -2.46. The molecule has 2 aliphatic rings. The maximum atomic E-state index is 12.2. The third-order valence-electron chi connectivity index (χ3n) is 4.63. The number of carboxylic acids is 1. The number of nitrogens with one attached hydrogen (secondary N) is 1. The smallest absolute Gasteiger partial charge is 0.326 e. The zero-order chi connectivity index (χ0) is 15.4. The topological polar surface area (TPSA) is 72.9 Å². The predicted molar refractivity (Wildman–Crippen MR) is 80.1 cm³/mol. The third kappa shape index (κ3) is 3.75. The molecule has 0 spiro atoms. The van der Waals surface area contributed by atoms with Gasteiger partial charge in [-0.3, -0.25) is 0 Å². The molecular formula is C15H25N3O3. The van der Waals surface area contributed by atoms with Gasteiger partial charge in [0.25, 0.3) is 0 Å². The largest absolute Gasteiger partial charge is 0.480 e. The summed E-state index contributed by atoms with van der Waals surface area (Å²) in [4.78, 5) is 27.5. The van der Waals surface area contributed by atoms with Crippen LogP contribution in [0.3, 0.4) is 0 Å². The van der Waals surface area contributed by atoms with Gasteiger partial charge in [-0.05, 0) is 45.2 Å². The summed E-state index contributed by atoms with van der Waals surface area (Å²) in [6, 6.07) is -0.594. The van der Waals surface area contributed by atoms with Gasteiger partial charge in [0.1, 0.15) is 6.04 Å². The number of carbonyl (C=O) groups is 2. The molecule has 3 unspecified atom stereocenters. The standard InChI is InChI=1S/C15H25N3O3/c1-3-5-12(14(19)20)16-15(21)18-9-7-13-11(10-18)6-4-8-17(13)2/h3,11-13H,1,4-10H2,2H3,(H,16,21)(H,19,20). The number of nitrogens with zero attached hydrogens (tertiary/aromatic N) is 2. The summed E-state index contributed by atoms with van der Waals surface area (Å²) < 4.78 is 0. The van der Waals surface area contributed by atoms with E-state index >= 15 is 0 Å². The number of hydrogen-bond acceptors (Lipinski definition) is 3. The van der Waals surface area contributed by atoms with Crippen LogP contribution in [0.5, 0.6) is 0 Å². The van der Waals surface area contributed by atoms with Gasteiger partial charge in [0.2, 0.25) is 0 Å². The van der Waals surface area contributed by atoms with Crippen LogP contribution in [0, 0.1) is 5.92 Å². The molecule has 2 aliphatic heterocycles. The van der Waals surface area contributed by atoms with Crippen molar-refractivity contribution in [2.45, 2.75) is 37.8 Å². The minimum atomic E-state index is -1.02. The molecule has 0 saturated carbocycles. The average Bonchev–Trinajstić information content (AvgIpc) is 2.46. The Hall–Kier alpha value is -1.56. The molecule has 2 N–H and O–H groups in total. The van der Waals surface area contributed by atoms with Gasteiger partial charge in [0.05, 0.1) is 0 Å². The molecule has 2 saturated heterocycles. The summed E-state index contributed by atoms with van der Waals surface area (Å²) in [6.07, 6.45) is 5.04. The maximum Gasteiger partial charge on any atom is 0.326 e. The molecule has 0 aromatic heterocycles. The fourth-order valence-electron chi connectivity index (χ4n) is 3.47. The zero-order valence-electron chi connectivity index (χ0n) is 12.6. The first kappa shape index (κ1) is 15.8. The van der Waals surface area contributed by atoms with E-state index in [1.54, 1.807) is 4.90 Å². The summed E-state index contributed by atoms with van der Waals surface area (Å²) in [5.41, 5.74) is 0. The Bertz CT molecular complexity index is 413. The highest BCUT2D eigenvalue weighted by atomic mass is 16.4. The second kappa shape index (κ2) is 6.93. The molecule has 0 aromatic rings. The van der Waals surface area contributed by atoms with Crippen LogP contribution < -0.4 is 5.32 Å². The van der Waals surface area contributed by atoms with Gasteiger partial charge in [-0.1, -0.05) is 6.08 Å². The normalized spacial score (nSPS) is 27.6. The van der Waals surface area contributed by atoms with E-state index in [4.69, 9.17) is 5.11 Å². The number of hydrogen-bond donors (Lipinski definition) is 2. The highest BCUT2D eigenvalue weighted by molar-refractivity contribution is 5.82. The van der Waals surface area contributed by atoms with Crippen molar-refractivity contribution in [3.8, 4) is 0 Å². The number of carboxylic acid groups (broad SMARTS) is 1. The van der Waals surface area contributed by atoms with Crippen molar-refractivity contribution in [1.82, 2.24) is 15.1 Å². The van der Waals surface area contributed by atoms with E-state index < -0.39 is 12.0 Å².